The van der Waals surface area contributed by atoms with Gasteiger partial charge in [0, 0.05) is 0 Å². The Morgan fingerprint density at radius 1 is 1.36 bits per heavy atom. The Bertz CT molecular complexity index is 183. The topological polar surface area (TPSA) is 55.8 Å². The summed E-state index contributed by atoms with van der Waals surface area (Å²) in [6.07, 6.45) is -0.877. The fraction of sp³-hybridized carbons (Fsp3) is 0.900. The highest BCUT2D eigenvalue weighted by Crippen LogP contribution is 2.11. The summed E-state index contributed by atoms with van der Waals surface area (Å²) in [5, 5.41) is 8.56. The molecule has 0 radical (unpaired) electrons. The van der Waals surface area contributed by atoms with Gasteiger partial charge in [0.1, 0.15) is 0 Å². The third kappa shape index (κ3) is 6.86. The molecule has 0 amide bonds. The van der Waals surface area contributed by atoms with E-state index in [4.69, 9.17) is 14.6 Å². The second-order valence-electron chi connectivity index (χ2n) is 4.35. The molecular formula is C10H20O4. The van der Waals surface area contributed by atoms with Gasteiger partial charge >= 0.3 is 5.97 Å². The Kier molecular flexibility index (Phi) is 5.08. The molecule has 0 saturated heterocycles. The molecule has 1 N–H and O–H groups in total. The predicted molar refractivity (Wildman–Crippen MR) is 53.3 cm³/mol. The average molecular weight is 204 g/mol. The lowest BCUT2D eigenvalue weighted by molar-refractivity contribution is -0.153. The van der Waals surface area contributed by atoms with Crippen molar-refractivity contribution in [2.75, 3.05) is 6.61 Å². The first-order valence-corrected chi connectivity index (χ1v) is 4.74. The Morgan fingerprint density at radius 3 is 2.21 bits per heavy atom. The maximum atomic E-state index is 10.4. The molecule has 0 saturated carbocycles. The lowest BCUT2D eigenvalue weighted by atomic mass is 10.2. The van der Waals surface area contributed by atoms with E-state index in [-0.39, 0.29) is 11.7 Å². The van der Waals surface area contributed by atoms with Crippen LogP contribution >= 0.6 is 0 Å². The van der Waals surface area contributed by atoms with Crippen LogP contribution in [-0.2, 0) is 14.3 Å². The van der Waals surface area contributed by atoms with Crippen molar-refractivity contribution in [3.63, 3.8) is 0 Å². The summed E-state index contributed by atoms with van der Waals surface area (Å²) in [6, 6.07) is 0. The van der Waals surface area contributed by atoms with Crippen molar-refractivity contribution in [3.05, 3.63) is 0 Å². The third-order valence-electron chi connectivity index (χ3n) is 1.48. The first-order valence-electron chi connectivity index (χ1n) is 4.74. The molecule has 84 valence electrons. The van der Waals surface area contributed by atoms with Crippen molar-refractivity contribution in [2.45, 2.75) is 52.4 Å². The van der Waals surface area contributed by atoms with Crippen LogP contribution in [0.4, 0.5) is 0 Å². The first-order chi connectivity index (χ1) is 6.22. The van der Waals surface area contributed by atoms with Crippen LogP contribution in [0.3, 0.4) is 0 Å². The number of carboxylic acids is 1. The van der Waals surface area contributed by atoms with E-state index in [9.17, 15) is 4.79 Å². The lowest BCUT2D eigenvalue weighted by Crippen LogP contribution is -2.31. The summed E-state index contributed by atoms with van der Waals surface area (Å²) in [4.78, 5) is 10.4. The molecule has 0 aliphatic rings. The Hall–Kier alpha value is -0.610. The first kappa shape index (κ1) is 13.4. The van der Waals surface area contributed by atoms with Gasteiger partial charge in [0.15, 0.2) is 6.10 Å². The smallest absolute Gasteiger partial charge is 0.332 e. The van der Waals surface area contributed by atoms with E-state index >= 15 is 0 Å². The van der Waals surface area contributed by atoms with Crippen LogP contribution in [0.15, 0.2) is 0 Å². The Balaban J connectivity index is 3.74. The molecule has 2 atom stereocenters. The van der Waals surface area contributed by atoms with Gasteiger partial charge in [-0.3, -0.25) is 0 Å². The van der Waals surface area contributed by atoms with Gasteiger partial charge in [0.2, 0.25) is 0 Å². The summed E-state index contributed by atoms with van der Waals surface area (Å²) >= 11 is 0. The van der Waals surface area contributed by atoms with Gasteiger partial charge in [-0.25, -0.2) is 4.79 Å². The van der Waals surface area contributed by atoms with E-state index in [1.165, 1.54) is 6.92 Å². The van der Waals surface area contributed by atoms with Crippen molar-refractivity contribution in [1.29, 1.82) is 0 Å². The molecule has 4 nitrogen and oxygen atoms in total. The van der Waals surface area contributed by atoms with E-state index in [1.54, 1.807) is 0 Å². The van der Waals surface area contributed by atoms with Crippen molar-refractivity contribution >= 4 is 5.97 Å². The van der Waals surface area contributed by atoms with Crippen LogP contribution in [0.1, 0.15) is 34.6 Å². The van der Waals surface area contributed by atoms with Crippen LogP contribution in [-0.4, -0.2) is 35.5 Å². The standard InChI is InChI=1S/C10H20O4/c1-7(14-10(3,4)5)6-13-8(2)9(11)12/h7-8H,6H2,1-5H3,(H,11,12). The molecule has 0 fully saturated rings. The van der Waals surface area contributed by atoms with Crippen molar-refractivity contribution in [3.8, 4) is 0 Å². The average Bonchev–Trinajstić information content (AvgIpc) is 1.96. The van der Waals surface area contributed by atoms with Crippen LogP contribution in [0, 0.1) is 0 Å². The molecule has 2 unspecified atom stereocenters. The SMILES string of the molecule is CC(COC(C)C(=O)O)OC(C)(C)C. The zero-order chi connectivity index (χ0) is 11.4. The zero-order valence-electron chi connectivity index (χ0n) is 9.53. The van der Waals surface area contributed by atoms with Crippen molar-refractivity contribution in [2.24, 2.45) is 0 Å². The second-order valence-corrected chi connectivity index (χ2v) is 4.35. The van der Waals surface area contributed by atoms with Gasteiger partial charge in [-0.2, -0.15) is 0 Å². The largest absolute Gasteiger partial charge is 0.479 e. The number of aliphatic carboxylic acids is 1. The lowest BCUT2D eigenvalue weighted by Gasteiger charge is -2.25. The molecule has 0 aliphatic heterocycles. The molecule has 14 heavy (non-hydrogen) atoms. The molecule has 0 aromatic heterocycles. The minimum Gasteiger partial charge on any atom is -0.479 e. The molecule has 0 aliphatic carbocycles. The molecule has 0 rings (SSSR count). The highest BCUT2D eigenvalue weighted by molar-refractivity contribution is 5.71. The maximum Gasteiger partial charge on any atom is 0.332 e. The minimum atomic E-state index is -0.951. The van der Waals surface area contributed by atoms with Gasteiger partial charge in [-0.05, 0) is 34.6 Å². The summed E-state index contributed by atoms with van der Waals surface area (Å²) < 4.78 is 10.6. The summed E-state index contributed by atoms with van der Waals surface area (Å²) in [5.41, 5.74) is -0.227. The van der Waals surface area contributed by atoms with Crippen LogP contribution in [0.5, 0.6) is 0 Å². The number of rotatable bonds is 5. The molecule has 0 aromatic rings. The Labute approximate surface area is 85.2 Å². The highest BCUT2D eigenvalue weighted by atomic mass is 16.6. The van der Waals surface area contributed by atoms with Crippen molar-refractivity contribution < 1.29 is 19.4 Å². The minimum absolute atomic E-state index is 0.100. The number of hydrogen-bond acceptors (Lipinski definition) is 3. The van der Waals surface area contributed by atoms with Gasteiger partial charge in [0.05, 0.1) is 18.3 Å². The van der Waals surface area contributed by atoms with Crippen LogP contribution in [0.25, 0.3) is 0 Å². The summed E-state index contributed by atoms with van der Waals surface area (Å²) in [5.74, 6) is -0.951. The van der Waals surface area contributed by atoms with E-state index < -0.39 is 12.1 Å². The van der Waals surface area contributed by atoms with E-state index in [0.29, 0.717) is 6.61 Å². The van der Waals surface area contributed by atoms with Gasteiger partial charge in [-0.15, -0.1) is 0 Å². The quantitative estimate of drug-likeness (QED) is 0.740. The van der Waals surface area contributed by atoms with E-state index in [0.717, 1.165) is 0 Å². The monoisotopic (exact) mass is 204 g/mol. The fourth-order valence-electron chi connectivity index (χ4n) is 0.989. The number of carbonyl (C=O) groups is 1. The molecule has 0 aromatic carbocycles. The number of ether oxygens (including phenoxy) is 2. The molecule has 0 heterocycles. The summed E-state index contributed by atoms with van der Waals surface area (Å²) in [7, 11) is 0. The third-order valence-corrected chi connectivity index (χ3v) is 1.48. The predicted octanol–water partition coefficient (Wildman–Crippen LogP) is 1.68. The van der Waals surface area contributed by atoms with Gasteiger partial charge < -0.3 is 14.6 Å². The van der Waals surface area contributed by atoms with Crippen molar-refractivity contribution in [1.82, 2.24) is 0 Å². The zero-order valence-corrected chi connectivity index (χ0v) is 9.53. The van der Waals surface area contributed by atoms with Gasteiger partial charge in [-0.1, -0.05) is 0 Å². The molecule has 0 spiro atoms. The number of carboxylic acid groups (broad SMARTS) is 1. The normalized spacial score (nSPS) is 16.4. The molecule has 0 bridgehead atoms. The van der Waals surface area contributed by atoms with Crippen LogP contribution < -0.4 is 0 Å². The number of hydrogen-bond donors (Lipinski definition) is 1. The maximum absolute atomic E-state index is 10.4. The molecule has 4 heteroatoms. The van der Waals surface area contributed by atoms with Gasteiger partial charge in [0.25, 0.3) is 0 Å². The second kappa shape index (κ2) is 5.32. The fourth-order valence-corrected chi connectivity index (χ4v) is 0.989. The highest BCUT2D eigenvalue weighted by Gasteiger charge is 2.17. The van der Waals surface area contributed by atoms with E-state index in [1.807, 2.05) is 27.7 Å². The van der Waals surface area contributed by atoms with E-state index in [2.05, 4.69) is 0 Å². The summed E-state index contributed by atoms with van der Waals surface area (Å²) in [6.45, 7) is 9.51. The molecular weight excluding hydrogens is 184 g/mol. The Morgan fingerprint density at radius 2 is 1.86 bits per heavy atom. The van der Waals surface area contributed by atoms with Crippen LogP contribution in [0.2, 0.25) is 0 Å².